The van der Waals surface area contributed by atoms with Crippen LogP contribution in [0.1, 0.15) is 56.1 Å². The fourth-order valence-corrected chi connectivity index (χ4v) is 5.33. The first-order valence-electron chi connectivity index (χ1n) is 13.0. The highest BCUT2D eigenvalue weighted by Crippen LogP contribution is 2.35. The predicted octanol–water partition coefficient (Wildman–Crippen LogP) is 8.04. The number of hydrogen-bond acceptors (Lipinski definition) is 4. The van der Waals surface area contributed by atoms with Gasteiger partial charge in [-0.1, -0.05) is 31.2 Å². The molecule has 6 heteroatoms. The highest BCUT2D eigenvalue weighted by molar-refractivity contribution is 7.98. The smallest absolute Gasteiger partial charge is 0.226 e. The van der Waals surface area contributed by atoms with Gasteiger partial charge in [0.25, 0.3) is 0 Å². The van der Waals surface area contributed by atoms with Gasteiger partial charge in [-0.2, -0.15) is 0 Å². The number of halogens is 1. The van der Waals surface area contributed by atoms with Crippen LogP contribution in [-0.4, -0.2) is 17.1 Å². The summed E-state index contributed by atoms with van der Waals surface area (Å²) in [6.07, 6.45) is 10.7. The van der Waals surface area contributed by atoms with Crippen LogP contribution < -0.4 is 10.1 Å². The van der Waals surface area contributed by atoms with E-state index >= 15 is 0 Å². The molecule has 0 aliphatic heterocycles. The van der Waals surface area contributed by atoms with Gasteiger partial charge in [-0.15, -0.1) is 11.8 Å². The van der Waals surface area contributed by atoms with Crippen molar-refractivity contribution in [2.45, 2.75) is 56.4 Å². The molecule has 194 valence electrons. The Hall–Kier alpha value is -3.12. The van der Waals surface area contributed by atoms with Crippen LogP contribution in [0.3, 0.4) is 0 Å². The monoisotopic (exact) mass is 518 g/mol. The zero-order valence-electron chi connectivity index (χ0n) is 21.4. The van der Waals surface area contributed by atoms with Crippen LogP contribution in [0.4, 0.5) is 4.39 Å². The van der Waals surface area contributed by atoms with E-state index < -0.39 is 0 Å². The normalized spacial score (nSPS) is 17.2. The van der Waals surface area contributed by atoms with Crippen LogP contribution in [-0.2, 0) is 11.3 Å². The lowest BCUT2D eigenvalue weighted by atomic mass is 9.79. The van der Waals surface area contributed by atoms with Gasteiger partial charge in [-0.25, -0.2) is 9.37 Å². The summed E-state index contributed by atoms with van der Waals surface area (Å²) in [5.74, 6) is 1.78. The first-order chi connectivity index (χ1) is 18.0. The van der Waals surface area contributed by atoms with E-state index in [1.807, 2.05) is 36.4 Å². The fourth-order valence-electron chi connectivity index (χ4n) is 4.92. The molecule has 0 saturated heterocycles. The second-order valence-corrected chi connectivity index (χ2v) is 10.5. The Bertz CT molecular complexity index is 1190. The van der Waals surface area contributed by atoms with E-state index in [2.05, 4.69) is 23.1 Å². The van der Waals surface area contributed by atoms with Crippen LogP contribution in [0.5, 0.6) is 11.6 Å². The summed E-state index contributed by atoms with van der Waals surface area (Å²) < 4.78 is 19.9. The number of thioether (sulfide) groups is 1. The Labute approximate surface area is 223 Å². The average Bonchev–Trinajstić information content (AvgIpc) is 2.93. The van der Waals surface area contributed by atoms with Gasteiger partial charge >= 0.3 is 0 Å². The van der Waals surface area contributed by atoms with Crippen LogP contribution in [0, 0.1) is 17.7 Å². The van der Waals surface area contributed by atoms with Crippen molar-refractivity contribution < 1.29 is 13.9 Å². The van der Waals surface area contributed by atoms with E-state index in [4.69, 9.17) is 4.74 Å². The minimum Gasteiger partial charge on any atom is -0.438 e. The van der Waals surface area contributed by atoms with E-state index in [0.29, 0.717) is 17.4 Å². The molecule has 4 rings (SSSR count). The van der Waals surface area contributed by atoms with Gasteiger partial charge < -0.3 is 10.1 Å². The molecule has 2 aromatic carbocycles. The highest BCUT2D eigenvalue weighted by Gasteiger charge is 2.26. The summed E-state index contributed by atoms with van der Waals surface area (Å²) in [6.45, 7) is 4.57. The predicted molar refractivity (Wildman–Crippen MR) is 149 cm³/mol. The van der Waals surface area contributed by atoms with Gasteiger partial charge in [0, 0.05) is 34.7 Å². The number of amides is 1. The minimum atomic E-state index is -0.275. The van der Waals surface area contributed by atoms with Crippen LogP contribution >= 0.6 is 11.8 Å². The number of aromatic nitrogens is 1. The first kappa shape index (κ1) is 26.9. The molecule has 1 aliphatic carbocycles. The standard InChI is InChI=1S/C31H35FN2O2S/c1-22(28-10-6-20-33-31(28)36-26-16-18-27(37-2)19-17-26)7-5-8-23-12-14-24(15-13-23)30(35)34-21-25-9-3-4-11-29(25)32/h3-4,6,9-11,16-20,23-24H,1,5,7-8,12-15,21H2,2H3,(H,34,35). The number of hydrogen-bond donors (Lipinski definition) is 1. The van der Waals surface area contributed by atoms with Gasteiger partial charge in [-0.3, -0.25) is 4.79 Å². The Morgan fingerprint density at radius 3 is 2.57 bits per heavy atom. The maximum atomic E-state index is 13.8. The number of ether oxygens (including phenoxy) is 1. The molecule has 1 N–H and O–H groups in total. The first-order valence-corrected chi connectivity index (χ1v) is 14.2. The molecule has 0 radical (unpaired) electrons. The molecule has 0 unspecified atom stereocenters. The Morgan fingerprint density at radius 2 is 1.84 bits per heavy atom. The van der Waals surface area contributed by atoms with E-state index in [-0.39, 0.29) is 24.2 Å². The molecule has 37 heavy (non-hydrogen) atoms. The lowest BCUT2D eigenvalue weighted by molar-refractivity contribution is -0.126. The van der Waals surface area contributed by atoms with Crippen molar-refractivity contribution in [3.8, 4) is 11.6 Å². The second-order valence-electron chi connectivity index (χ2n) is 9.66. The second kappa shape index (κ2) is 13.4. The van der Waals surface area contributed by atoms with Crippen LogP contribution in [0.2, 0.25) is 0 Å². The summed E-state index contributed by atoms with van der Waals surface area (Å²) in [6, 6.07) is 18.5. The Kier molecular flexibility index (Phi) is 9.78. The van der Waals surface area contributed by atoms with Crippen molar-refractivity contribution in [1.29, 1.82) is 0 Å². The molecule has 0 bridgehead atoms. The number of carbonyl (C=O) groups excluding carboxylic acids is 1. The Balaban J connectivity index is 1.20. The largest absolute Gasteiger partial charge is 0.438 e. The molecule has 1 heterocycles. The van der Waals surface area contributed by atoms with E-state index in [0.717, 1.165) is 61.8 Å². The highest BCUT2D eigenvalue weighted by atomic mass is 32.2. The summed E-state index contributed by atoms with van der Waals surface area (Å²) in [5, 5.41) is 2.92. The van der Waals surface area contributed by atoms with Gasteiger partial charge in [0.15, 0.2) is 0 Å². The number of benzene rings is 2. The molecule has 1 fully saturated rings. The molecular formula is C31H35FN2O2S. The SMILES string of the molecule is C=C(CCCC1CCC(C(=O)NCc2ccccc2F)CC1)c1cccnc1Oc1ccc(SC)cc1. The Morgan fingerprint density at radius 1 is 1.08 bits per heavy atom. The zero-order valence-corrected chi connectivity index (χ0v) is 22.2. The fraction of sp³-hybridized carbons (Fsp3) is 0.355. The maximum absolute atomic E-state index is 13.8. The quantitative estimate of drug-likeness (QED) is 0.261. The summed E-state index contributed by atoms with van der Waals surface area (Å²) in [7, 11) is 0. The molecule has 1 saturated carbocycles. The number of nitrogens with one attached hydrogen (secondary N) is 1. The van der Waals surface area contributed by atoms with Crippen molar-refractivity contribution in [3.63, 3.8) is 0 Å². The van der Waals surface area contributed by atoms with Crippen molar-refractivity contribution in [3.05, 3.63) is 90.4 Å². The van der Waals surface area contributed by atoms with E-state index in [1.165, 1.54) is 11.0 Å². The van der Waals surface area contributed by atoms with Crippen molar-refractivity contribution in [2.75, 3.05) is 6.26 Å². The zero-order chi connectivity index (χ0) is 26.0. The molecule has 0 atom stereocenters. The third-order valence-corrected chi connectivity index (χ3v) is 7.89. The molecule has 0 spiro atoms. The lowest BCUT2D eigenvalue weighted by Gasteiger charge is -2.28. The molecule has 1 amide bonds. The average molecular weight is 519 g/mol. The van der Waals surface area contributed by atoms with Crippen LogP contribution in [0.15, 0.2) is 78.3 Å². The summed E-state index contributed by atoms with van der Waals surface area (Å²) >= 11 is 1.70. The molecular weight excluding hydrogens is 483 g/mol. The number of allylic oxidation sites excluding steroid dienone is 1. The van der Waals surface area contributed by atoms with E-state index in [9.17, 15) is 9.18 Å². The van der Waals surface area contributed by atoms with Crippen LogP contribution in [0.25, 0.3) is 5.57 Å². The van der Waals surface area contributed by atoms with Crippen molar-refractivity contribution in [2.24, 2.45) is 11.8 Å². The van der Waals surface area contributed by atoms with Gasteiger partial charge in [-0.05, 0) is 98.7 Å². The third kappa shape index (κ3) is 7.68. The molecule has 3 aromatic rings. The number of carbonyl (C=O) groups is 1. The van der Waals surface area contributed by atoms with Crippen molar-refractivity contribution >= 4 is 23.2 Å². The third-order valence-electron chi connectivity index (χ3n) is 7.15. The molecule has 4 nitrogen and oxygen atoms in total. The lowest BCUT2D eigenvalue weighted by Crippen LogP contribution is -2.33. The number of nitrogens with zero attached hydrogens (tertiary/aromatic N) is 1. The summed E-state index contributed by atoms with van der Waals surface area (Å²) in [4.78, 5) is 18.2. The number of rotatable bonds is 11. The van der Waals surface area contributed by atoms with Gasteiger partial charge in [0.05, 0.1) is 0 Å². The molecule has 1 aromatic heterocycles. The number of pyridine rings is 1. The van der Waals surface area contributed by atoms with Crippen molar-refractivity contribution in [1.82, 2.24) is 10.3 Å². The topological polar surface area (TPSA) is 51.2 Å². The van der Waals surface area contributed by atoms with Gasteiger partial charge in [0.2, 0.25) is 11.8 Å². The maximum Gasteiger partial charge on any atom is 0.226 e. The molecule has 1 aliphatic rings. The summed E-state index contributed by atoms with van der Waals surface area (Å²) in [5.41, 5.74) is 2.51. The van der Waals surface area contributed by atoms with Gasteiger partial charge in [0.1, 0.15) is 11.6 Å². The minimum absolute atomic E-state index is 0.0260. The van der Waals surface area contributed by atoms with E-state index in [1.54, 1.807) is 36.2 Å².